The minimum atomic E-state index is -0.854. The number of ether oxygens (including phenoxy) is 1. The van der Waals surface area contributed by atoms with Gasteiger partial charge in [0.05, 0.1) is 6.04 Å². The number of aryl methyl sites for hydroxylation is 1. The molecule has 0 aromatic heterocycles. The van der Waals surface area contributed by atoms with Gasteiger partial charge < -0.3 is 20.7 Å². The van der Waals surface area contributed by atoms with Crippen LogP contribution in [0.15, 0.2) is 30.3 Å². The molecule has 9 heteroatoms. The zero-order valence-electron chi connectivity index (χ0n) is 21.3. The van der Waals surface area contributed by atoms with E-state index >= 15 is 0 Å². The molecule has 0 radical (unpaired) electrons. The lowest BCUT2D eigenvalue weighted by molar-refractivity contribution is -0.158. The average Bonchev–Trinajstić information content (AvgIpc) is 2.81. The Morgan fingerprint density at radius 1 is 1.06 bits per heavy atom. The SMILES string of the molecule is CNC(=O)[C@@H]1CCCCNC(=O)CC[C@H](C(=O)OC(C)(C)C)N[C@@H](CCc2ccccc2)C(=O)N1. The highest BCUT2D eigenvalue weighted by atomic mass is 16.6. The Bertz CT molecular complexity index is 853. The zero-order valence-corrected chi connectivity index (χ0v) is 21.3. The van der Waals surface area contributed by atoms with E-state index in [1.165, 1.54) is 7.05 Å². The predicted octanol–water partition coefficient (Wildman–Crippen LogP) is 1.60. The van der Waals surface area contributed by atoms with E-state index < -0.39 is 29.7 Å². The summed E-state index contributed by atoms with van der Waals surface area (Å²) in [5.74, 6) is -1.31. The monoisotopic (exact) mass is 488 g/mol. The first-order valence-electron chi connectivity index (χ1n) is 12.4. The van der Waals surface area contributed by atoms with Crippen molar-refractivity contribution in [2.45, 2.75) is 89.4 Å². The molecule has 1 fully saturated rings. The first-order valence-corrected chi connectivity index (χ1v) is 12.4. The minimum absolute atomic E-state index is 0.130. The van der Waals surface area contributed by atoms with Crippen molar-refractivity contribution in [1.29, 1.82) is 0 Å². The summed E-state index contributed by atoms with van der Waals surface area (Å²) in [4.78, 5) is 51.1. The highest BCUT2D eigenvalue weighted by Gasteiger charge is 2.32. The Morgan fingerprint density at radius 2 is 1.77 bits per heavy atom. The Hall–Kier alpha value is -2.94. The van der Waals surface area contributed by atoms with Crippen molar-refractivity contribution in [1.82, 2.24) is 21.3 Å². The summed E-state index contributed by atoms with van der Waals surface area (Å²) >= 11 is 0. The van der Waals surface area contributed by atoms with Crippen LogP contribution in [0.2, 0.25) is 0 Å². The molecule has 1 saturated heterocycles. The van der Waals surface area contributed by atoms with E-state index in [2.05, 4.69) is 21.3 Å². The summed E-state index contributed by atoms with van der Waals surface area (Å²) in [5, 5.41) is 11.5. The van der Waals surface area contributed by atoms with Gasteiger partial charge in [0.1, 0.15) is 17.7 Å². The number of rotatable bonds is 5. The molecule has 0 saturated carbocycles. The van der Waals surface area contributed by atoms with Gasteiger partial charge >= 0.3 is 5.97 Å². The van der Waals surface area contributed by atoms with Crippen molar-refractivity contribution < 1.29 is 23.9 Å². The molecule has 0 spiro atoms. The van der Waals surface area contributed by atoms with Gasteiger partial charge in [0.2, 0.25) is 17.7 Å². The Labute approximate surface area is 208 Å². The number of hydrogen-bond donors (Lipinski definition) is 4. The van der Waals surface area contributed by atoms with E-state index in [0.717, 1.165) is 5.56 Å². The van der Waals surface area contributed by atoms with Crippen LogP contribution in [-0.2, 0) is 30.3 Å². The summed E-state index contributed by atoms with van der Waals surface area (Å²) < 4.78 is 5.58. The van der Waals surface area contributed by atoms with Gasteiger partial charge in [-0.15, -0.1) is 0 Å². The lowest BCUT2D eigenvalue weighted by Gasteiger charge is -2.29. The molecule has 0 aliphatic carbocycles. The second kappa shape index (κ2) is 13.8. The largest absolute Gasteiger partial charge is 0.459 e. The molecule has 9 nitrogen and oxygen atoms in total. The number of carbonyl (C=O) groups is 4. The topological polar surface area (TPSA) is 126 Å². The maximum Gasteiger partial charge on any atom is 0.323 e. The molecular weight excluding hydrogens is 448 g/mol. The van der Waals surface area contributed by atoms with Gasteiger partial charge in [-0.05, 0) is 64.9 Å². The number of hydrogen-bond acceptors (Lipinski definition) is 6. The molecule has 3 atom stereocenters. The van der Waals surface area contributed by atoms with Crippen LogP contribution in [0.4, 0.5) is 0 Å². The fourth-order valence-corrected chi connectivity index (χ4v) is 3.91. The van der Waals surface area contributed by atoms with Gasteiger partial charge in [0.15, 0.2) is 0 Å². The maximum absolute atomic E-state index is 13.4. The van der Waals surface area contributed by atoms with Crippen molar-refractivity contribution in [2.24, 2.45) is 0 Å². The van der Waals surface area contributed by atoms with E-state index in [1.54, 1.807) is 20.8 Å². The Kier molecular flexibility index (Phi) is 11.2. The smallest absolute Gasteiger partial charge is 0.323 e. The van der Waals surface area contributed by atoms with Crippen LogP contribution in [0.3, 0.4) is 0 Å². The fraction of sp³-hybridized carbons (Fsp3) is 0.615. The number of benzene rings is 1. The van der Waals surface area contributed by atoms with Crippen molar-refractivity contribution >= 4 is 23.7 Å². The molecule has 1 heterocycles. The molecule has 3 amide bonds. The number of esters is 1. The normalized spacial score (nSPS) is 22.8. The minimum Gasteiger partial charge on any atom is -0.459 e. The van der Waals surface area contributed by atoms with Crippen LogP contribution in [0.25, 0.3) is 0 Å². The summed E-state index contributed by atoms with van der Waals surface area (Å²) in [6, 6.07) is 7.42. The van der Waals surface area contributed by atoms with E-state index in [4.69, 9.17) is 4.74 Å². The molecule has 1 aliphatic heterocycles. The third-order valence-corrected chi connectivity index (χ3v) is 5.76. The molecule has 194 valence electrons. The third kappa shape index (κ3) is 10.5. The fourth-order valence-electron chi connectivity index (χ4n) is 3.91. The standard InChI is InChI=1S/C26H40N4O5/c1-26(2,3)35-25(34)21-15-16-22(31)28-17-9-8-12-19(23(32)27-4)30-24(33)20(29-21)14-13-18-10-6-5-7-11-18/h5-7,10-11,19-21,29H,8-9,12-17H2,1-4H3,(H,27,32)(H,28,31)(H,30,33)/t19-,20-,21+/m0/s1. The summed E-state index contributed by atoms with van der Waals surface area (Å²) in [7, 11) is 1.53. The number of nitrogens with one attached hydrogen (secondary N) is 4. The lowest BCUT2D eigenvalue weighted by atomic mass is 10.0. The summed E-state index contributed by atoms with van der Waals surface area (Å²) in [6.45, 7) is 5.79. The Balaban J connectivity index is 2.30. The molecule has 35 heavy (non-hydrogen) atoms. The average molecular weight is 489 g/mol. The van der Waals surface area contributed by atoms with Gasteiger partial charge in [-0.2, -0.15) is 0 Å². The van der Waals surface area contributed by atoms with E-state index in [1.807, 2.05) is 30.3 Å². The van der Waals surface area contributed by atoms with E-state index in [-0.39, 0.29) is 30.6 Å². The summed E-state index contributed by atoms with van der Waals surface area (Å²) in [6.07, 6.45) is 3.11. The molecule has 1 aromatic rings. The second-order valence-electron chi connectivity index (χ2n) is 9.89. The van der Waals surface area contributed by atoms with Crippen LogP contribution >= 0.6 is 0 Å². The predicted molar refractivity (Wildman–Crippen MR) is 133 cm³/mol. The molecular formula is C26H40N4O5. The highest BCUT2D eigenvalue weighted by Crippen LogP contribution is 2.14. The van der Waals surface area contributed by atoms with Gasteiger partial charge in [-0.25, -0.2) is 0 Å². The van der Waals surface area contributed by atoms with E-state index in [0.29, 0.717) is 38.6 Å². The van der Waals surface area contributed by atoms with Crippen LogP contribution in [0.5, 0.6) is 0 Å². The first kappa shape index (κ1) is 28.3. The van der Waals surface area contributed by atoms with Crippen LogP contribution < -0.4 is 21.3 Å². The molecule has 0 bridgehead atoms. The molecule has 0 unspecified atom stereocenters. The van der Waals surface area contributed by atoms with E-state index in [9.17, 15) is 19.2 Å². The number of amides is 3. The number of carbonyl (C=O) groups excluding carboxylic acids is 4. The van der Waals surface area contributed by atoms with Gasteiger partial charge in [-0.1, -0.05) is 30.3 Å². The van der Waals surface area contributed by atoms with Crippen molar-refractivity contribution in [2.75, 3.05) is 13.6 Å². The number of likely N-dealkylation sites (N-methyl/N-ethyl adjacent to an activating group) is 1. The maximum atomic E-state index is 13.4. The van der Waals surface area contributed by atoms with Crippen LogP contribution in [0, 0.1) is 0 Å². The van der Waals surface area contributed by atoms with Crippen molar-refractivity contribution in [3.63, 3.8) is 0 Å². The van der Waals surface area contributed by atoms with Crippen molar-refractivity contribution in [3.8, 4) is 0 Å². The molecule has 1 aliphatic rings. The van der Waals surface area contributed by atoms with Crippen molar-refractivity contribution in [3.05, 3.63) is 35.9 Å². The summed E-state index contributed by atoms with van der Waals surface area (Å²) in [5.41, 5.74) is 0.337. The second-order valence-corrected chi connectivity index (χ2v) is 9.89. The van der Waals surface area contributed by atoms with Gasteiger partial charge in [-0.3, -0.25) is 24.5 Å². The zero-order chi connectivity index (χ0) is 25.8. The van der Waals surface area contributed by atoms with Gasteiger partial charge in [0.25, 0.3) is 0 Å². The Morgan fingerprint density at radius 3 is 2.43 bits per heavy atom. The molecule has 1 aromatic carbocycles. The third-order valence-electron chi connectivity index (χ3n) is 5.76. The lowest BCUT2D eigenvalue weighted by Crippen LogP contribution is -2.56. The van der Waals surface area contributed by atoms with Crippen LogP contribution in [-0.4, -0.2) is 61.0 Å². The highest BCUT2D eigenvalue weighted by molar-refractivity contribution is 5.90. The molecule has 2 rings (SSSR count). The van der Waals surface area contributed by atoms with Gasteiger partial charge in [0, 0.05) is 20.0 Å². The first-order chi connectivity index (χ1) is 16.6. The quantitative estimate of drug-likeness (QED) is 0.467. The molecule has 4 N–H and O–H groups in total. The van der Waals surface area contributed by atoms with Crippen LogP contribution in [0.1, 0.15) is 64.9 Å².